The van der Waals surface area contributed by atoms with Gasteiger partial charge in [-0.1, -0.05) is 11.3 Å². The first-order valence-electron chi connectivity index (χ1n) is 5.40. The van der Waals surface area contributed by atoms with Crippen molar-refractivity contribution in [2.75, 3.05) is 25.1 Å². The first-order valence-corrected chi connectivity index (χ1v) is 9.55. The van der Waals surface area contributed by atoms with E-state index in [9.17, 15) is 16.8 Å². The Labute approximate surface area is 121 Å². The van der Waals surface area contributed by atoms with E-state index in [0.29, 0.717) is 10.2 Å². The maximum absolute atomic E-state index is 11.7. The minimum atomic E-state index is -3.62. The largest absolute Gasteiger partial charge is 0.302 e. The highest BCUT2D eigenvalue weighted by atomic mass is 32.2. The molecule has 0 amide bonds. The molecule has 0 saturated heterocycles. The minimum absolute atomic E-state index is 0.177. The molecule has 10 heteroatoms. The molecule has 110 valence electrons. The van der Waals surface area contributed by atoms with Gasteiger partial charge in [0.1, 0.15) is 0 Å². The summed E-state index contributed by atoms with van der Waals surface area (Å²) in [4.78, 5) is 4.29. The first kappa shape index (κ1) is 15.2. The average Bonchev–Trinajstić information content (AvgIpc) is 2.67. The molecule has 0 spiro atoms. The number of nitrogens with one attached hydrogen (secondary N) is 1. The summed E-state index contributed by atoms with van der Waals surface area (Å²) in [6, 6.07) is 4.48. The van der Waals surface area contributed by atoms with E-state index in [1.54, 1.807) is 6.07 Å². The summed E-state index contributed by atoms with van der Waals surface area (Å²) >= 11 is 1.08. The van der Waals surface area contributed by atoms with Gasteiger partial charge in [0.25, 0.3) is 0 Å². The fraction of sp³-hybridized carbons (Fsp3) is 0.300. The number of nitrogens with zero attached hydrogens (tertiary/aromatic N) is 2. The van der Waals surface area contributed by atoms with Crippen molar-refractivity contribution in [3.05, 3.63) is 18.2 Å². The number of hydrogen-bond acceptors (Lipinski definition) is 6. The van der Waals surface area contributed by atoms with Crippen LogP contribution in [0.2, 0.25) is 0 Å². The molecule has 0 aliphatic rings. The van der Waals surface area contributed by atoms with Crippen LogP contribution in [0, 0.1) is 0 Å². The van der Waals surface area contributed by atoms with Crippen molar-refractivity contribution in [2.24, 2.45) is 0 Å². The van der Waals surface area contributed by atoms with Gasteiger partial charge in [0.05, 0.1) is 15.1 Å². The van der Waals surface area contributed by atoms with E-state index in [2.05, 4.69) is 9.71 Å². The smallest absolute Gasteiger partial charge is 0.246 e. The predicted octanol–water partition coefficient (Wildman–Crippen LogP) is 0.918. The van der Waals surface area contributed by atoms with E-state index in [0.717, 1.165) is 21.9 Å². The lowest BCUT2D eigenvalue weighted by atomic mass is 10.3. The van der Waals surface area contributed by atoms with Crippen molar-refractivity contribution in [1.29, 1.82) is 0 Å². The lowest BCUT2D eigenvalue weighted by molar-refractivity contribution is 0.527. The third-order valence-corrected chi connectivity index (χ3v) is 6.07. The van der Waals surface area contributed by atoms with Gasteiger partial charge in [0.2, 0.25) is 0 Å². The lowest BCUT2D eigenvalue weighted by Gasteiger charge is -2.10. The van der Waals surface area contributed by atoms with Crippen molar-refractivity contribution in [3.63, 3.8) is 0 Å². The normalized spacial score (nSPS) is 13.0. The molecule has 0 bridgehead atoms. The highest BCUT2D eigenvalue weighted by Gasteiger charge is 2.16. The van der Waals surface area contributed by atoms with E-state index in [4.69, 9.17) is 0 Å². The highest BCUT2D eigenvalue weighted by molar-refractivity contribution is 7.91. The molecule has 0 saturated carbocycles. The molecule has 0 atom stereocenters. The third kappa shape index (κ3) is 3.08. The SMILES string of the molecule is CN(C)S(=O)(=O)Nc1nc2ccc(S(C)(=O)=O)cc2s1. The van der Waals surface area contributed by atoms with Crippen LogP contribution >= 0.6 is 11.3 Å². The molecule has 1 aromatic heterocycles. The summed E-state index contributed by atoms with van der Waals surface area (Å²) in [5, 5.41) is 0.194. The van der Waals surface area contributed by atoms with Gasteiger partial charge in [0, 0.05) is 20.4 Å². The molecule has 0 aliphatic carbocycles. The van der Waals surface area contributed by atoms with Crippen LogP contribution in [0.5, 0.6) is 0 Å². The molecule has 1 N–H and O–H groups in total. The van der Waals surface area contributed by atoms with Gasteiger partial charge in [-0.05, 0) is 18.2 Å². The number of rotatable bonds is 4. The van der Waals surface area contributed by atoms with E-state index in [-0.39, 0.29) is 10.0 Å². The summed E-state index contributed by atoms with van der Waals surface area (Å²) in [5.74, 6) is 0. The maximum Gasteiger partial charge on any atom is 0.302 e. The Morgan fingerprint density at radius 1 is 1.20 bits per heavy atom. The predicted molar refractivity (Wildman–Crippen MR) is 79.0 cm³/mol. The third-order valence-electron chi connectivity index (χ3n) is 2.49. The monoisotopic (exact) mass is 335 g/mol. The van der Waals surface area contributed by atoms with E-state index < -0.39 is 20.0 Å². The summed E-state index contributed by atoms with van der Waals surface area (Å²) in [6.07, 6.45) is 1.12. The topological polar surface area (TPSA) is 96.4 Å². The second-order valence-electron chi connectivity index (χ2n) is 4.31. The van der Waals surface area contributed by atoms with Gasteiger partial charge in [-0.3, -0.25) is 0 Å². The minimum Gasteiger partial charge on any atom is -0.246 e. The molecule has 0 fully saturated rings. The molecule has 7 nitrogen and oxygen atoms in total. The molecule has 1 aromatic carbocycles. The molecule has 1 heterocycles. The van der Waals surface area contributed by atoms with Crippen LogP contribution in [0.15, 0.2) is 23.1 Å². The second-order valence-corrected chi connectivity index (χ2v) is 9.24. The van der Waals surface area contributed by atoms with Crippen LogP contribution in [0.1, 0.15) is 0 Å². The number of benzene rings is 1. The Bertz CT molecular complexity index is 853. The van der Waals surface area contributed by atoms with Gasteiger partial charge in [-0.25, -0.2) is 18.1 Å². The Hall–Kier alpha value is -1.23. The van der Waals surface area contributed by atoms with Crippen LogP contribution in [-0.4, -0.2) is 46.5 Å². The second kappa shape index (κ2) is 4.95. The van der Waals surface area contributed by atoms with Crippen molar-refractivity contribution >= 4 is 46.7 Å². The number of hydrogen-bond donors (Lipinski definition) is 1. The zero-order valence-electron chi connectivity index (χ0n) is 11.0. The fourth-order valence-corrected chi connectivity index (χ4v) is 3.79. The summed E-state index contributed by atoms with van der Waals surface area (Å²) in [6.45, 7) is 0. The van der Waals surface area contributed by atoms with Crippen LogP contribution in [-0.2, 0) is 20.0 Å². The van der Waals surface area contributed by atoms with Crippen molar-refractivity contribution < 1.29 is 16.8 Å². The molecular formula is C10H13N3O4S3. The summed E-state index contributed by atoms with van der Waals surface area (Å²) < 4.78 is 50.3. The van der Waals surface area contributed by atoms with Crippen LogP contribution in [0.25, 0.3) is 10.2 Å². The Kier molecular flexibility index (Phi) is 3.75. The van der Waals surface area contributed by atoms with Gasteiger partial charge in [-0.2, -0.15) is 12.7 Å². The van der Waals surface area contributed by atoms with Crippen LogP contribution in [0.4, 0.5) is 5.13 Å². The average molecular weight is 335 g/mol. The van der Waals surface area contributed by atoms with Crippen molar-refractivity contribution in [2.45, 2.75) is 4.90 Å². The summed E-state index contributed by atoms with van der Waals surface area (Å²) in [5.41, 5.74) is 0.541. The lowest BCUT2D eigenvalue weighted by Crippen LogP contribution is -2.28. The summed E-state index contributed by atoms with van der Waals surface area (Å²) in [7, 11) is -4.13. The quantitative estimate of drug-likeness (QED) is 0.896. The fourth-order valence-electron chi connectivity index (χ4n) is 1.38. The molecule has 0 radical (unpaired) electrons. The number of sulfone groups is 1. The number of aromatic nitrogens is 1. The zero-order chi connectivity index (χ0) is 15.1. The van der Waals surface area contributed by atoms with Crippen molar-refractivity contribution in [1.82, 2.24) is 9.29 Å². The molecule has 2 aromatic rings. The molecule has 20 heavy (non-hydrogen) atoms. The van der Waals surface area contributed by atoms with E-state index in [1.165, 1.54) is 26.2 Å². The zero-order valence-corrected chi connectivity index (χ0v) is 13.4. The Balaban J connectivity index is 2.45. The van der Waals surface area contributed by atoms with Crippen molar-refractivity contribution in [3.8, 4) is 0 Å². The Morgan fingerprint density at radius 3 is 2.40 bits per heavy atom. The van der Waals surface area contributed by atoms with Gasteiger partial charge >= 0.3 is 10.2 Å². The van der Waals surface area contributed by atoms with Crippen LogP contribution < -0.4 is 4.72 Å². The van der Waals surface area contributed by atoms with E-state index in [1.807, 2.05) is 0 Å². The van der Waals surface area contributed by atoms with Gasteiger partial charge in [0.15, 0.2) is 15.0 Å². The molecule has 0 aliphatic heterocycles. The van der Waals surface area contributed by atoms with Gasteiger partial charge < -0.3 is 0 Å². The maximum atomic E-state index is 11.7. The van der Waals surface area contributed by atoms with E-state index >= 15 is 0 Å². The Morgan fingerprint density at radius 2 is 1.85 bits per heavy atom. The molecular weight excluding hydrogens is 322 g/mol. The number of thiazole rings is 1. The highest BCUT2D eigenvalue weighted by Crippen LogP contribution is 2.28. The first-order chi connectivity index (χ1) is 9.09. The standard InChI is InChI=1S/C10H13N3O4S3/c1-13(2)20(16,17)12-10-11-8-5-4-7(19(3,14)15)6-9(8)18-10/h4-6H,1-3H3,(H,11,12). The van der Waals surface area contributed by atoms with Gasteiger partial charge in [-0.15, -0.1) is 0 Å². The molecule has 0 unspecified atom stereocenters. The number of anilines is 1. The van der Waals surface area contributed by atoms with Crippen LogP contribution in [0.3, 0.4) is 0 Å². The number of fused-ring (bicyclic) bond motifs is 1. The molecule has 2 rings (SSSR count).